The summed E-state index contributed by atoms with van der Waals surface area (Å²) in [5.74, 6) is 4.59. The van der Waals surface area contributed by atoms with Gasteiger partial charge in [0.1, 0.15) is 31.6 Å². The molecule has 1 unspecified atom stereocenters. The lowest BCUT2D eigenvalue weighted by atomic mass is 10.1. The number of benzene rings is 2. The Bertz CT molecular complexity index is 1270. The van der Waals surface area contributed by atoms with Crippen molar-refractivity contribution in [2.24, 2.45) is 0 Å². The first kappa shape index (κ1) is 29.1. The quantitative estimate of drug-likeness (QED) is 0.199. The average Bonchev–Trinajstić information content (AvgIpc) is 3.11. The van der Waals surface area contributed by atoms with Crippen molar-refractivity contribution in [2.45, 2.75) is 31.3 Å². The second-order valence-corrected chi connectivity index (χ2v) is 9.95. The molecular weight excluding hydrogens is 514 g/mol. The zero-order valence-corrected chi connectivity index (χ0v) is 22.1. The lowest BCUT2D eigenvalue weighted by molar-refractivity contribution is -0.133. The summed E-state index contributed by atoms with van der Waals surface area (Å²) in [7, 11) is -4.26. The van der Waals surface area contributed by atoms with Crippen LogP contribution in [0.1, 0.15) is 19.4 Å². The molecule has 2 aromatic carbocycles. The van der Waals surface area contributed by atoms with Crippen LogP contribution in [0.15, 0.2) is 53.4 Å². The molecule has 2 N–H and O–H groups in total. The molecule has 0 aliphatic carbocycles. The van der Waals surface area contributed by atoms with E-state index in [9.17, 15) is 23.2 Å². The predicted molar refractivity (Wildman–Crippen MR) is 138 cm³/mol. The molecule has 38 heavy (non-hydrogen) atoms. The number of carbonyl (C=O) groups excluding carboxylic acids is 2. The highest BCUT2D eigenvalue weighted by atomic mass is 32.2. The first-order chi connectivity index (χ1) is 18.3. The second-order valence-electron chi connectivity index (χ2n) is 8.06. The highest BCUT2D eigenvalue weighted by Crippen LogP contribution is 2.31. The summed E-state index contributed by atoms with van der Waals surface area (Å²) in [6.45, 7) is 4.11. The third kappa shape index (κ3) is 7.09. The van der Waals surface area contributed by atoms with E-state index in [4.69, 9.17) is 14.2 Å². The number of fused-ring (bicyclic) bond motifs is 1. The van der Waals surface area contributed by atoms with E-state index in [0.29, 0.717) is 36.8 Å². The van der Waals surface area contributed by atoms with Crippen LogP contribution in [-0.2, 0) is 35.6 Å². The van der Waals surface area contributed by atoms with Gasteiger partial charge in [-0.2, -0.15) is 4.31 Å². The minimum atomic E-state index is -4.26. The maximum absolute atomic E-state index is 13.8. The fraction of sp³-hybridized carbons (Fsp3) is 0.385. The number of rotatable bonds is 10. The predicted octanol–water partition coefficient (Wildman–Crippen LogP) is 1.55. The summed E-state index contributed by atoms with van der Waals surface area (Å²) >= 11 is 0. The first-order valence-electron chi connectivity index (χ1n) is 12.0. The molecule has 3 rings (SSSR count). The Morgan fingerprint density at radius 3 is 2.39 bits per heavy atom. The van der Waals surface area contributed by atoms with Crippen LogP contribution in [-0.4, -0.2) is 75.4 Å². The van der Waals surface area contributed by atoms with Gasteiger partial charge in [-0.25, -0.2) is 13.9 Å². The van der Waals surface area contributed by atoms with Gasteiger partial charge in [0.25, 0.3) is 11.8 Å². The first-order valence-corrected chi connectivity index (χ1v) is 13.5. The van der Waals surface area contributed by atoms with Crippen LogP contribution in [0, 0.1) is 11.8 Å². The molecular formula is C26H31N3O8S. The number of hydroxylamine groups is 1. The molecule has 1 aliphatic heterocycles. The number of ether oxygens (including phenoxy) is 3. The second kappa shape index (κ2) is 13.9. The number of hydrogen-bond acceptors (Lipinski definition) is 8. The molecule has 1 atom stereocenters. The van der Waals surface area contributed by atoms with E-state index in [1.165, 1.54) is 34.6 Å². The van der Waals surface area contributed by atoms with Gasteiger partial charge in [0.15, 0.2) is 0 Å². The zero-order chi connectivity index (χ0) is 27.5. The summed E-state index contributed by atoms with van der Waals surface area (Å²) in [5.41, 5.74) is 2.51. The van der Waals surface area contributed by atoms with Crippen LogP contribution >= 0.6 is 0 Å². The molecule has 0 spiro atoms. The normalized spacial score (nSPS) is 15.6. The molecule has 1 aliphatic rings. The smallest absolute Gasteiger partial charge is 0.263 e. The number of carbonyl (C=O) groups is 2. The van der Waals surface area contributed by atoms with Gasteiger partial charge in [-0.15, -0.1) is 0 Å². The molecule has 2 amide bonds. The molecule has 0 radical (unpaired) electrons. The highest BCUT2D eigenvalue weighted by molar-refractivity contribution is 7.89. The van der Waals surface area contributed by atoms with Crippen molar-refractivity contribution < 1.29 is 37.4 Å². The van der Waals surface area contributed by atoms with Crippen molar-refractivity contribution in [2.75, 3.05) is 44.5 Å². The Labute approximate surface area is 222 Å². The number of anilines is 1. The monoisotopic (exact) mass is 545 g/mol. The highest BCUT2D eigenvalue weighted by Gasteiger charge is 2.41. The molecule has 11 nitrogen and oxygen atoms in total. The number of amides is 2. The molecule has 0 saturated carbocycles. The summed E-state index contributed by atoms with van der Waals surface area (Å²) in [6.07, 6.45) is 0. The molecule has 0 saturated heterocycles. The van der Waals surface area contributed by atoms with Crippen LogP contribution in [0.2, 0.25) is 0 Å². The van der Waals surface area contributed by atoms with Crippen molar-refractivity contribution in [3.05, 3.63) is 54.1 Å². The number of nitrogens with zero attached hydrogens (tertiary/aromatic N) is 2. The third-order valence-electron chi connectivity index (χ3n) is 5.70. The summed E-state index contributed by atoms with van der Waals surface area (Å²) in [4.78, 5) is 26.9. The number of para-hydroxylation sites is 1. The van der Waals surface area contributed by atoms with Crippen molar-refractivity contribution in [1.29, 1.82) is 0 Å². The number of sulfonamides is 1. The topological polar surface area (TPSA) is 135 Å². The molecule has 12 heteroatoms. The van der Waals surface area contributed by atoms with E-state index in [2.05, 4.69) is 11.8 Å². The van der Waals surface area contributed by atoms with E-state index in [1.54, 1.807) is 31.2 Å². The van der Waals surface area contributed by atoms with Crippen LogP contribution in [0.4, 0.5) is 5.69 Å². The van der Waals surface area contributed by atoms with Gasteiger partial charge in [0.05, 0.1) is 11.4 Å². The van der Waals surface area contributed by atoms with E-state index >= 15 is 0 Å². The minimum Gasteiger partial charge on any atom is -0.481 e. The molecule has 0 fully saturated rings. The minimum absolute atomic E-state index is 0.0883. The van der Waals surface area contributed by atoms with Gasteiger partial charge in [-0.05, 0) is 49.7 Å². The van der Waals surface area contributed by atoms with Crippen molar-refractivity contribution in [1.82, 2.24) is 9.79 Å². The summed E-state index contributed by atoms with van der Waals surface area (Å²) in [6, 6.07) is 11.1. The molecule has 0 aromatic heterocycles. The van der Waals surface area contributed by atoms with Gasteiger partial charge in [-0.3, -0.25) is 14.8 Å². The largest absolute Gasteiger partial charge is 0.481 e. The van der Waals surface area contributed by atoms with Crippen LogP contribution in [0.25, 0.3) is 0 Å². The maximum Gasteiger partial charge on any atom is 0.263 e. The zero-order valence-electron chi connectivity index (χ0n) is 21.3. The van der Waals surface area contributed by atoms with Crippen LogP contribution in [0.5, 0.6) is 5.75 Å². The van der Waals surface area contributed by atoms with Gasteiger partial charge in [0, 0.05) is 25.4 Å². The van der Waals surface area contributed by atoms with E-state index in [0.717, 1.165) is 4.31 Å². The maximum atomic E-state index is 13.8. The molecule has 2 aromatic rings. The van der Waals surface area contributed by atoms with Crippen molar-refractivity contribution in [3.8, 4) is 17.6 Å². The Morgan fingerprint density at radius 1 is 1.03 bits per heavy atom. The van der Waals surface area contributed by atoms with Gasteiger partial charge in [0.2, 0.25) is 10.0 Å². The van der Waals surface area contributed by atoms with Gasteiger partial charge >= 0.3 is 0 Å². The van der Waals surface area contributed by atoms with Gasteiger partial charge in [-0.1, -0.05) is 30.0 Å². The molecule has 204 valence electrons. The van der Waals surface area contributed by atoms with Crippen LogP contribution < -0.4 is 15.1 Å². The SMILES string of the molecule is CCOCC#CCOc1ccc(S(=O)(=O)N2Cc3ccccc3N(C(=O)COCC)CC2C(=O)NO)cc1. The summed E-state index contributed by atoms with van der Waals surface area (Å²) in [5, 5.41) is 9.42. The average molecular weight is 546 g/mol. The Hall–Kier alpha value is -3.47. The van der Waals surface area contributed by atoms with E-state index in [1.807, 2.05) is 6.92 Å². The van der Waals surface area contributed by atoms with Crippen molar-refractivity contribution in [3.63, 3.8) is 0 Å². The number of hydrogen-bond donors (Lipinski definition) is 2. The van der Waals surface area contributed by atoms with E-state index in [-0.39, 0.29) is 31.2 Å². The lowest BCUT2D eigenvalue weighted by Gasteiger charge is -2.29. The third-order valence-corrected chi connectivity index (χ3v) is 7.57. The number of nitrogens with one attached hydrogen (secondary N) is 1. The fourth-order valence-corrected chi connectivity index (χ4v) is 5.37. The van der Waals surface area contributed by atoms with E-state index < -0.39 is 27.9 Å². The van der Waals surface area contributed by atoms with Crippen molar-refractivity contribution >= 4 is 27.5 Å². The summed E-state index contributed by atoms with van der Waals surface area (Å²) < 4.78 is 44.4. The van der Waals surface area contributed by atoms with Crippen LogP contribution in [0.3, 0.4) is 0 Å². The standard InChI is InChI=1S/C26H31N3O8S/c1-3-35-15-7-8-16-37-21-11-13-22(14-12-21)38(33,34)29-17-20-9-5-6-10-23(20)28(25(30)19-36-4-2)18-24(29)26(31)27-32/h5-6,9-14,24,32H,3-4,15-19H2,1-2H3,(H,27,31). The molecule has 1 heterocycles. The lowest BCUT2D eigenvalue weighted by Crippen LogP contribution is -2.53. The van der Waals surface area contributed by atoms with Gasteiger partial charge < -0.3 is 19.1 Å². The Balaban J connectivity index is 1.90. The Kier molecular flexibility index (Phi) is 10.6. The molecule has 0 bridgehead atoms. The fourth-order valence-electron chi connectivity index (χ4n) is 3.81. The Morgan fingerprint density at radius 2 is 1.71 bits per heavy atom.